The Bertz CT molecular complexity index is 1490. The second-order valence-electron chi connectivity index (χ2n) is 10.2. The summed E-state index contributed by atoms with van der Waals surface area (Å²) < 4.78 is 1.56. The number of benzene rings is 3. The van der Waals surface area contributed by atoms with Crippen molar-refractivity contribution in [3.05, 3.63) is 89.5 Å². The number of fused-ring (bicyclic) bond motifs is 1. The van der Waals surface area contributed by atoms with Crippen molar-refractivity contribution in [1.29, 1.82) is 0 Å². The molecule has 5 rings (SSSR count). The third-order valence-electron chi connectivity index (χ3n) is 7.47. The molecule has 1 unspecified atom stereocenters. The summed E-state index contributed by atoms with van der Waals surface area (Å²) in [4.78, 5) is 41.8. The fraction of sp³-hybridized carbons (Fsp3) is 0.323. The molecule has 1 saturated carbocycles. The van der Waals surface area contributed by atoms with Crippen molar-refractivity contribution in [1.82, 2.24) is 20.3 Å². The lowest BCUT2D eigenvalue weighted by molar-refractivity contribution is -0.127. The van der Waals surface area contributed by atoms with Crippen LogP contribution in [0.3, 0.4) is 0 Å². The molecule has 1 heterocycles. The van der Waals surface area contributed by atoms with Gasteiger partial charge in [0.2, 0.25) is 11.8 Å². The molecule has 2 amide bonds. The van der Waals surface area contributed by atoms with Crippen LogP contribution in [0.5, 0.6) is 0 Å². The standard InChI is InChI=1S/C31H33N5O3/c1-21-10-6-7-13-26(21)30(31(39)32-24-11-4-3-5-12-24)36(25-18-16-23(17-19-25)22(2)37)29(38)20-35-28-15-9-8-14-27(28)33-34-35/h6-10,13-19,24,30H,3-5,11-12,20H2,1-2H3,(H,32,39). The Balaban J connectivity index is 1.58. The minimum atomic E-state index is -0.904. The van der Waals surface area contributed by atoms with E-state index in [2.05, 4.69) is 15.6 Å². The van der Waals surface area contributed by atoms with Gasteiger partial charge in [0.1, 0.15) is 18.1 Å². The lowest BCUT2D eigenvalue weighted by atomic mass is 9.93. The number of carbonyl (C=O) groups excluding carboxylic acids is 3. The highest BCUT2D eigenvalue weighted by atomic mass is 16.2. The average Bonchev–Trinajstić information content (AvgIpc) is 3.35. The zero-order chi connectivity index (χ0) is 27.4. The van der Waals surface area contributed by atoms with Gasteiger partial charge in [-0.15, -0.1) is 5.10 Å². The minimum Gasteiger partial charge on any atom is -0.351 e. The van der Waals surface area contributed by atoms with Gasteiger partial charge >= 0.3 is 0 Å². The van der Waals surface area contributed by atoms with Crippen molar-refractivity contribution in [3.63, 3.8) is 0 Å². The van der Waals surface area contributed by atoms with E-state index in [1.54, 1.807) is 33.8 Å². The number of anilines is 1. The third kappa shape index (κ3) is 5.74. The number of hydrogen-bond acceptors (Lipinski definition) is 5. The van der Waals surface area contributed by atoms with E-state index < -0.39 is 6.04 Å². The van der Waals surface area contributed by atoms with Gasteiger partial charge in [-0.25, -0.2) is 4.68 Å². The predicted octanol–water partition coefficient (Wildman–Crippen LogP) is 5.17. The van der Waals surface area contributed by atoms with E-state index in [1.165, 1.54) is 13.3 Å². The van der Waals surface area contributed by atoms with Crippen LogP contribution >= 0.6 is 0 Å². The van der Waals surface area contributed by atoms with E-state index in [0.717, 1.165) is 42.3 Å². The monoisotopic (exact) mass is 523 g/mol. The van der Waals surface area contributed by atoms with Crippen molar-refractivity contribution >= 4 is 34.3 Å². The van der Waals surface area contributed by atoms with E-state index in [1.807, 2.05) is 55.5 Å². The fourth-order valence-electron chi connectivity index (χ4n) is 5.35. The maximum atomic E-state index is 14.2. The van der Waals surface area contributed by atoms with E-state index in [9.17, 15) is 14.4 Å². The molecule has 39 heavy (non-hydrogen) atoms. The molecular formula is C31H33N5O3. The van der Waals surface area contributed by atoms with Gasteiger partial charge in [0.15, 0.2) is 5.78 Å². The number of nitrogens with zero attached hydrogens (tertiary/aromatic N) is 4. The number of amides is 2. The summed E-state index contributed by atoms with van der Waals surface area (Å²) in [5.41, 5.74) is 4.14. The van der Waals surface area contributed by atoms with Crippen molar-refractivity contribution in [3.8, 4) is 0 Å². The van der Waals surface area contributed by atoms with E-state index in [0.29, 0.717) is 16.8 Å². The molecule has 1 atom stereocenters. The highest BCUT2D eigenvalue weighted by Crippen LogP contribution is 2.31. The SMILES string of the molecule is CC(=O)c1ccc(N(C(=O)Cn2nnc3ccccc32)C(C(=O)NC2CCCCC2)c2ccccc2C)cc1. The first-order chi connectivity index (χ1) is 18.9. The van der Waals surface area contributed by atoms with Crippen LogP contribution in [0, 0.1) is 6.92 Å². The number of aryl methyl sites for hydroxylation is 1. The van der Waals surface area contributed by atoms with E-state index in [-0.39, 0.29) is 30.2 Å². The van der Waals surface area contributed by atoms with Gasteiger partial charge in [0.25, 0.3) is 0 Å². The Morgan fingerprint density at radius 3 is 2.36 bits per heavy atom. The van der Waals surface area contributed by atoms with Crippen LogP contribution in [0.15, 0.2) is 72.8 Å². The molecule has 4 aromatic rings. The van der Waals surface area contributed by atoms with Crippen LogP contribution in [0.1, 0.15) is 66.6 Å². The first kappa shape index (κ1) is 26.3. The number of nitrogens with one attached hydrogen (secondary N) is 1. The Morgan fingerprint density at radius 1 is 0.949 bits per heavy atom. The Hall–Kier alpha value is -4.33. The lowest BCUT2D eigenvalue weighted by Gasteiger charge is -2.34. The van der Waals surface area contributed by atoms with Crippen molar-refractivity contribution in [2.75, 3.05) is 4.90 Å². The van der Waals surface area contributed by atoms with Crippen LogP contribution in [0.4, 0.5) is 5.69 Å². The van der Waals surface area contributed by atoms with Crippen LogP contribution in [-0.2, 0) is 16.1 Å². The van der Waals surface area contributed by atoms with Gasteiger partial charge in [-0.2, -0.15) is 0 Å². The van der Waals surface area contributed by atoms with Gasteiger partial charge in [-0.05, 0) is 74.2 Å². The smallest absolute Gasteiger partial charge is 0.249 e. The van der Waals surface area contributed by atoms with Gasteiger partial charge in [0, 0.05) is 17.3 Å². The second kappa shape index (κ2) is 11.6. The van der Waals surface area contributed by atoms with Gasteiger partial charge < -0.3 is 5.32 Å². The maximum absolute atomic E-state index is 14.2. The molecule has 200 valence electrons. The zero-order valence-electron chi connectivity index (χ0n) is 22.3. The topological polar surface area (TPSA) is 97.2 Å². The Kier molecular flexibility index (Phi) is 7.81. The van der Waals surface area contributed by atoms with E-state index >= 15 is 0 Å². The van der Waals surface area contributed by atoms with Crippen molar-refractivity contribution < 1.29 is 14.4 Å². The third-order valence-corrected chi connectivity index (χ3v) is 7.47. The van der Waals surface area contributed by atoms with Crippen molar-refractivity contribution in [2.45, 2.75) is 64.6 Å². The zero-order valence-corrected chi connectivity index (χ0v) is 22.3. The Morgan fingerprint density at radius 2 is 1.64 bits per heavy atom. The van der Waals surface area contributed by atoms with Crippen LogP contribution in [0.2, 0.25) is 0 Å². The highest BCUT2D eigenvalue weighted by molar-refractivity contribution is 6.02. The van der Waals surface area contributed by atoms with Crippen LogP contribution < -0.4 is 10.2 Å². The maximum Gasteiger partial charge on any atom is 0.249 e. The van der Waals surface area contributed by atoms with Crippen LogP contribution in [-0.4, -0.2) is 38.6 Å². The molecule has 1 aromatic heterocycles. The molecule has 0 radical (unpaired) electrons. The predicted molar refractivity (Wildman–Crippen MR) is 150 cm³/mol. The number of rotatable bonds is 8. The number of aromatic nitrogens is 3. The lowest BCUT2D eigenvalue weighted by Crippen LogP contribution is -2.48. The van der Waals surface area contributed by atoms with Crippen LogP contribution in [0.25, 0.3) is 11.0 Å². The van der Waals surface area contributed by atoms with Gasteiger partial charge in [-0.3, -0.25) is 19.3 Å². The Labute approximate surface area is 228 Å². The summed E-state index contributed by atoms with van der Waals surface area (Å²) in [6.07, 6.45) is 5.19. The molecule has 8 heteroatoms. The number of carbonyl (C=O) groups is 3. The minimum absolute atomic E-state index is 0.0704. The summed E-state index contributed by atoms with van der Waals surface area (Å²) in [7, 11) is 0. The summed E-state index contributed by atoms with van der Waals surface area (Å²) in [5.74, 6) is -0.601. The summed E-state index contributed by atoms with van der Waals surface area (Å²) in [5, 5.41) is 11.6. The van der Waals surface area contributed by atoms with Crippen molar-refractivity contribution in [2.24, 2.45) is 0 Å². The van der Waals surface area contributed by atoms with Gasteiger partial charge in [-0.1, -0.05) is 60.9 Å². The first-order valence-electron chi connectivity index (χ1n) is 13.5. The first-order valence-corrected chi connectivity index (χ1v) is 13.5. The quantitative estimate of drug-likeness (QED) is 0.322. The highest BCUT2D eigenvalue weighted by Gasteiger charge is 2.35. The summed E-state index contributed by atoms with van der Waals surface area (Å²) >= 11 is 0. The molecule has 0 aliphatic heterocycles. The van der Waals surface area contributed by atoms with E-state index in [4.69, 9.17) is 0 Å². The molecule has 0 bridgehead atoms. The number of Topliss-reactive ketones (excluding diaryl/α,β-unsaturated/α-hetero) is 1. The normalized spacial score (nSPS) is 14.6. The molecule has 8 nitrogen and oxygen atoms in total. The number of ketones is 1. The molecular weight excluding hydrogens is 490 g/mol. The molecule has 1 fully saturated rings. The molecule has 0 spiro atoms. The molecule has 1 N–H and O–H groups in total. The average molecular weight is 524 g/mol. The largest absolute Gasteiger partial charge is 0.351 e. The molecule has 1 aliphatic rings. The van der Waals surface area contributed by atoms with Gasteiger partial charge in [0.05, 0.1) is 5.52 Å². The summed E-state index contributed by atoms with van der Waals surface area (Å²) in [6, 6.07) is 21.1. The molecule has 1 aliphatic carbocycles. The second-order valence-corrected chi connectivity index (χ2v) is 10.2. The molecule has 0 saturated heterocycles. The fourth-order valence-corrected chi connectivity index (χ4v) is 5.35. The number of hydrogen-bond donors (Lipinski definition) is 1. The number of para-hydroxylation sites is 1. The summed E-state index contributed by atoms with van der Waals surface area (Å²) in [6.45, 7) is 3.35. The molecule has 3 aromatic carbocycles.